The number of aryl methyl sites for hydroxylation is 1. The third-order valence-corrected chi connectivity index (χ3v) is 4.99. The molecule has 0 aliphatic rings. The number of rotatable bonds is 5. The lowest BCUT2D eigenvalue weighted by Gasteiger charge is -2.05. The lowest BCUT2D eigenvalue weighted by atomic mass is 10.0. The highest BCUT2D eigenvalue weighted by Crippen LogP contribution is 2.24. The summed E-state index contributed by atoms with van der Waals surface area (Å²) in [6.45, 7) is 4.01. The minimum atomic E-state index is -0.106. The maximum Gasteiger partial charge on any atom is 0.280 e. The summed E-state index contributed by atoms with van der Waals surface area (Å²) in [6.07, 6.45) is 0.889. The second kappa shape index (κ2) is 8.15. The maximum absolute atomic E-state index is 13.4. The van der Waals surface area contributed by atoms with Gasteiger partial charge in [-0.15, -0.1) is 0 Å². The van der Waals surface area contributed by atoms with E-state index in [1.165, 1.54) is 0 Å². The molecule has 0 saturated carbocycles. The van der Waals surface area contributed by atoms with E-state index in [2.05, 4.69) is 18.1 Å². The van der Waals surface area contributed by atoms with Crippen molar-refractivity contribution in [3.05, 3.63) is 106 Å². The van der Waals surface area contributed by atoms with Crippen molar-refractivity contribution >= 4 is 11.4 Å². The molecule has 144 valence electrons. The summed E-state index contributed by atoms with van der Waals surface area (Å²) < 4.78 is 1.59. The molecule has 0 spiro atoms. The van der Waals surface area contributed by atoms with Crippen molar-refractivity contribution in [3.63, 3.8) is 0 Å². The standard InChI is InChI=1S/C25H23N3O/c1-3-19-12-10-11-17-22(19)26-18(2)23-24(20-13-6-4-7-14-20)27-28(25(23)29)21-15-8-5-9-16-21/h4-17,27H,3H2,1-2H3. The molecule has 0 fully saturated rings. The molecule has 1 aromatic heterocycles. The summed E-state index contributed by atoms with van der Waals surface area (Å²) in [4.78, 5) is 18.2. The zero-order chi connectivity index (χ0) is 20.2. The van der Waals surface area contributed by atoms with Crippen molar-refractivity contribution < 1.29 is 0 Å². The van der Waals surface area contributed by atoms with Crippen LogP contribution in [0, 0.1) is 0 Å². The molecule has 1 heterocycles. The topological polar surface area (TPSA) is 50.1 Å². The largest absolute Gasteiger partial charge is 0.290 e. The highest BCUT2D eigenvalue weighted by Gasteiger charge is 2.19. The van der Waals surface area contributed by atoms with Crippen LogP contribution in [0.1, 0.15) is 25.0 Å². The van der Waals surface area contributed by atoms with Crippen LogP contribution in [0.2, 0.25) is 0 Å². The van der Waals surface area contributed by atoms with Crippen molar-refractivity contribution in [3.8, 4) is 16.9 Å². The zero-order valence-corrected chi connectivity index (χ0v) is 16.6. The normalized spacial score (nSPS) is 11.6. The first kappa shape index (κ1) is 18.7. The van der Waals surface area contributed by atoms with E-state index in [0.717, 1.165) is 34.6 Å². The number of benzene rings is 3. The Labute approximate surface area is 170 Å². The van der Waals surface area contributed by atoms with Crippen LogP contribution in [-0.4, -0.2) is 15.5 Å². The van der Waals surface area contributed by atoms with Crippen LogP contribution in [0.5, 0.6) is 0 Å². The monoisotopic (exact) mass is 381 g/mol. The number of hydrogen-bond donors (Lipinski definition) is 1. The summed E-state index contributed by atoms with van der Waals surface area (Å²) in [7, 11) is 0. The Bertz CT molecular complexity index is 1200. The van der Waals surface area contributed by atoms with E-state index in [0.29, 0.717) is 11.3 Å². The van der Waals surface area contributed by atoms with Crippen LogP contribution in [0.15, 0.2) is 94.7 Å². The van der Waals surface area contributed by atoms with Crippen LogP contribution >= 0.6 is 0 Å². The SMILES string of the molecule is CCc1ccccc1N=C(C)c1c(-c2ccccc2)[nH]n(-c2ccccc2)c1=O. The summed E-state index contributed by atoms with van der Waals surface area (Å²) in [5.41, 5.74) is 5.76. The van der Waals surface area contributed by atoms with Gasteiger partial charge in [0.15, 0.2) is 0 Å². The molecule has 4 aromatic rings. The van der Waals surface area contributed by atoms with E-state index in [4.69, 9.17) is 4.99 Å². The Kier molecular flexibility index (Phi) is 5.25. The third kappa shape index (κ3) is 3.69. The van der Waals surface area contributed by atoms with Crippen LogP contribution in [0.4, 0.5) is 5.69 Å². The molecule has 0 saturated heterocycles. The lowest BCUT2D eigenvalue weighted by molar-refractivity contribution is 0.852. The molecule has 1 N–H and O–H groups in total. The summed E-state index contributed by atoms with van der Waals surface area (Å²) in [6, 6.07) is 27.6. The van der Waals surface area contributed by atoms with E-state index in [9.17, 15) is 4.79 Å². The van der Waals surface area contributed by atoms with Crippen molar-refractivity contribution in [1.82, 2.24) is 9.78 Å². The molecular weight excluding hydrogens is 358 g/mol. The molecule has 0 unspecified atom stereocenters. The molecule has 0 aliphatic heterocycles. The summed E-state index contributed by atoms with van der Waals surface area (Å²) in [5.74, 6) is 0. The molecule has 0 amide bonds. The quantitative estimate of drug-likeness (QED) is 0.454. The van der Waals surface area contributed by atoms with Gasteiger partial charge in [0.2, 0.25) is 0 Å². The minimum absolute atomic E-state index is 0.106. The van der Waals surface area contributed by atoms with E-state index in [-0.39, 0.29) is 5.56 Å². The van der Waals surface area contributed by atoms with Crippen molar-refractivity contribution in [2.75, 3.05) is 0 Å². The van der Waals surface area contributed by atoms with Crippen LogP contribution in [0.25, 0.3) is 16.9 Å². The summed E-state index contributed by atoms with van der Waals surface area (Å²) >= 11 is 0. The average molecular weight is 381 g/mol. The van der Waals surface area contributed by atoms with E-state index in [1.54, 1.807) is 4.68 Å². The fourth-order valence-corrected chi connectivity index (χ4v) is 3.50. The van der Waals surface area contributed by atoms with Crippen molar-refractivity contribution in [2.45, 2.75) is 20.3 Å². The van der Waals surface area contributed by atoms with E-state index >= 15 is 0 Å². The average Bonchev–Trinajstić information content (AvgIpc) is 3.12. The van der Waals surface area contributed by atoms with Gasteiger partial charge >= 0.3 is 0 Å². The first-order chi connectivity index (χ1) is 14.2. The number of aromatic nitrogens is 2. The minimum Gasteiger partial charge on any atom is -0.290 e. The van der Waals surface area contributed by atoms with Gasteiger partial charge < -0.3 is 0 Å². The van der Waals surface area contributed by atoms with Gasteiger partial charge in [-0.2, -0.15) is 0 Å². The van der Waals surface area contributed by atoms with Gasteiger partial charge in [0.25, 0.3) is 5.56 Å². The lowest BCUT2D eigenvalue weighted by Crippen LogP contribution is -2.19. The molecular formula is C25H23N3O. The molecule has 0 radical (unpaired) electrons. The maximum atomic E-state index is 13.4. The Hall–Kier alpha value is -3.66. The van der Waals surface area contributed by atoms with Gasteiger partial charge in [0, 0.05) is 5.56 Å². The molecule has 4 heteroatoms. The smallest absolute Gasteiger partial charge is 0.280 e. The highest BCUT2D eigenvalue weighted by molar-refractivity contribution is 6.04. The second-order valence-electron chi connectivity index (χ2n) is 6.88. The highest BCUT2D eigenvalue weighted by atomic mass is 16.1. The van der Waals surface area contributed by atoms with E-state index < -0.39 is 0 Å². The van der Waals surface area contributed by atoms with Crippen LogP contribution in [0.3, 0.4) is 0 Å². The molecule has 29 heavy (non-hydrogen) atoms. The number of nitrogens with one attached hydrogen (secondary N) is 1. The van der Waals surface area contributed by atoms with Gasteiger partial charge in [0.05, 0.1) is 28.3 Å². The van der Waals surface area contributed by atoms with Crippen LogP contribution in [-0.2, 0) is 6.42 Å². The number of hydrogen-bond acceptors (Lipinski definition) is 2. The van der Waals surface area contributed by atoms with Gasteiger partial charge in [-0.25, -0.2) is 4.68 Å². The Morgan fingerprint density at radius 1 is 0.897 bits per heavy atom. The fourth-order valence-electron chi connectivity index (χ4n) is 3.50. The predicted octanol–water partition coefficient (Wildman–Crippen LogP) is 5.54. The van der Waals surface area contributed by atoms with Gasteiger partial charge in [-0.1, -0.05) is 73.7 Å². The Morgan fingerprint density at radius 3 is 2.21 bits per heavy atom. The molecule has 4 nitrogen and oxygen atoms in total. The van der Waals surface area contributed by atoms with Gasteiger partial charge in [-0.3, -0.25) is 14.9 Å². The van der Waals surface area contributed by atoms with E-state index in [1.807, 2.05) is 85.8 Å². The third-order valence-electron chi connectivity index (χ3n) is 4.99. The molecule has 0 bridgehead atoms. The number of aliphatic imine (C=N–C) groups is 1. The summed E-state index contributed by atoms with van der Waals surface area (Å²) in [5, 5.41) is 3.30. The molecule has 0 aliphatic carbocycles. The number of para-hydroxylation sites is 2. The first-order valence-corrected chi connectivity index (χ1v) is 9.78. The Morgan fingerprint density at radius 2 is 1.52 bits per heavy atom. The first-order valence-electron chi connectivity index (χ1n) is 9.78. The molecule has 0 atom stereocenters. The fraction of sp³-hybridized carbons (Fsp3) is 0.120. The van der Waals surface area contributed by atoms with Crippen molar-refractivity contribution in [2.24, 2.45) is 4.99 Å². The predicted molar refractivity (Wildman–Crippen MR) is 120 cm³/mol. The molecule has 4 rings (SSSR count). The number of H-pyrrole nitrogens is 1. The van der Waals surface area contributed by atoms with Crippen LogP contribution < -0.4 is 5.56 Å². The Balaban J connectivity index is 1.93. The number of nitrogens with zero attached hydrogens (tertiary/aromatic N) is 2. The number of aromatic amines is 1. The van der Waals surface area contributed by atoms with Crippen molar-refractivity contribution in [1.29, 1.82) is 0 Å². The zero-order valence-electron chi connectivity index (χ0n) is 16.6. The van der Waals surface area contributed by atoms with Gasteiger partial charge in [-0.05, 0) is 37.1 Å². The molecule has 3 aromatic carbocycles. The second-order valence-corrected chi connectivity index (χ2v) is 6.88. The van der Waals surface area contributed by atoms with Gasteiger partial charge in [0.1, 0.15) is 0 Å².